The molecule has 0 aromatic rings. The predicted octanol–water partition coefficient (Wildman–Crippen LogP) is 1.17. The Labute approximate surface area is 126 Å². The maximum atomic E-state index is 12.4. The summed E-state index contributed by atoms with van der Waals surface area (Å²) in [6.45, 7) is 2.68. The van der Waals surface area contributed by atoms with Crippen molar-refractivity contribution in [2.45, 2.75) is 44.6 Å². The Bertz CT molecular complexity index is 411. The molecule has 1 aliphatic rings. The average Bonchev–Trinajstić information content (AvgIpc) is 2.53. The molecule has 0 saturated heterocycles. The molecule has 0 heterocycles. The topological polar surface area (TPSA) is 73.6 Å². The van der Waals surface area contributed by atoms with Crippen molar-refractivity contribution < 1.29 is 14.3 Å². The molecule has 0 aromatic carbocycles. The van der Waals surface area contributed by atoms with Crippen LogP contribution < -0.4 is 0 Å². The first-order valence-corrected chi connectivity index (χ1v) is 7.46. The molecule has 1 fully saturated rings. The number of ether oxygens (including phenoxy) is 1. The molecule has 1 amide bonds. The highest BCUT2D eigenvalue weighted by Crippen LogP contribution is 2.32. The molecule has 6 heteroatoms. The zero-order valence-corrected chi connectivity index (χ0v) is 13.2. The highest BCUT2D eigenvalue weighted by atomic mass is 16.5. The summed E-state index contributed by atoms with van der Waals surface area (Å²) in [6.07, 6.45) is 4.54. The Morgan fingerprint density at radius 1 is 1.24 bits per heavy atom. The van der Waals surface area contributed by atoms with Crippen molar-refractivity contribution in [1.29, 1.82) is 5.26 Å². The molecule has 1 saturated carbocycles. The molecule has 0 spiro atoms. The van der Waals surface area contributed by atoms with Gasteiger partial charge in [0.05, 0.1) is 26.3 Å². The van der Waals surface area contributed by atoms with Gasteiger partial charge in [0, 0.05) is 7.05 Å². The van der Waals surface area contributed by atoms with Gasteiger partial charge in [-0.05, 0) is 19.4 Å². The minimum Gasteiger partial charge on any atom is -0.468 e. The zero-order chi connectivity index (χ0) is 15.9. The summed E-state index contributed by atoms with van der Waals surface area (Å²) < 4.78 is 4.62. The number of nitrogens with zero attached hydrogens (tertiary/aromatic N) is 3. The Balaban J connectivity index is 2.68. The molecule has 21 heavy (non-hydrogen) atoms. The van der Waals surface area contributed by atoms with Gasteiger partial charge in [0.25, 0.3) is 0 Å². The summed E-state index contributed by atoms with van der Waals surface area (Å²) in [5, 5.41) is 9.50. The quantitative estimate of drug-likeness (QED) is 0.688. The Hall–Kier alpha value is -1.61. The van der Waals surface area contributed by atoms with Crippen LogP contribution in [0, 0.1) is 11.3 Å². The molecule has 0 atom stereocenters. The molecular weight excluding hydrogens is 270 g/mol. The zero-order valence-electron chi connectivity index (χ0n) is 13.2. The SMILES string of the molecule is CCN(CC(=O)OC)CC(=O)N(C)C1(C#N)CCCCC1. The monoisotopic (exact) mass is 295 g/mol. The maximum absolute atomic E-state index is 12.4. The van der Waals surface area contributed by atoms with E-state index in [1.165, 1.54) is 7.11 Å². The first-order valence-electron chi connectivity index (χ1n) is 7.46. The first kappa shape index (κ1) is 17.4. The smallest absolute Gasteiger partial charge is 0.319 e. The van der Waals surface area contributed by atoms with Crippen molar-refractivity contribution >= 4 is 11.9 Å². The van der Waals surface area contributed by atoms with Crippen LogP contribution in [-0.2, 0) is 14.3 Å². The van der Waals surface area contributed by atoms with Gasteiger partial charge in [0.15, 0.2) is 0 Å². The summed E-state index contributed by atoms with van der Waals surface area (Å²) in [5.41, 5.74) is -0.681. The summed E-state index contributed by atoms with van der Waals surface area (Å²) in [4.78, 5) is 27.0. The van der Waals surface area contributed by atoms with E-state index >= 15 is 0 Å². The number of carbonyl (C=O) groups is 2. The van der Waals surface area contributed by atoms with Crippen molar-refractivity contribution in [3.05, 3.63) is 0 Å². The average molecular weight is 295 g/mol. The van der Waals surface area contributed by atoms with E-state index in [2.05, 4.69) is 10.8 Å². The number of likely N-dealkylation sites (N-methyl/N-ethyl adjacent to an activating group) is 2. The second kappa shape index (κ2) is 7.99. The lowest BCUT2D eigenvalue weighted by molar-refractivity contribution is -0.143. The summed E-state index contributed by atoms with van der Waals surface area (Å²) in [5.74, 6) is -0.482. The van der Waals surface area contributed by atoms with Crippen LogP contribution in [0.3, 0.4) is 0 Å². The number of hydrogen-bond donors (Lipinski definition) is 0. The molecule has 118 valence electrons. The number of carbonyl (C=O) groups excluding carboxylic acids is 2. The van der Waals surface area contributed by atoms with E-state index in [1.54, 1.807) is 16.8 Å². The van der Waals surface area contributed by atoms with Gasteiger partial charge in [0.2, 0.25) is 5.91 Å². The van der Waals surface area contributed by atoms with Crippen molar-refractivity contribution in [2.24, 2.45) is 0 Å². The molecule has 0 bridgehead atoms. The first-order chi connectivity index (χ1) is 9.99. The number of amides is 1. The third kappa shape index (κ3) is 4.43. The fourth-order valence-electron chi connectivity index (χ4n) is 2.72. The van der Waals surface area contributed by atoms with Crippen molar-refractivity contribution in [1.82, 2.24) is 9.80 Å². The van der Waals surface area contributed by atoms with E-state index in [0.29, 0.717) is 6.54 Å². The van der Waals surface area contributed by atoms with Gasteiger partial charge in [-0.1, -0.05) is 26.2 Å². The summed E-state index contributed by atoms with van der Waals surface area (Å²) in [7, 11) is 3.03. The van der Waals surface area contributed by atoms with Crippen LogP contribution in [0.2, 0.25) is 0 Å². The van der Waals surface area contributed by atoms with Crippen molar-refractivity contribution in [3.8, 4) is 6.07 Å². The van der Waals surface area contributed by atoms with Gasteiger partial charge in [-0.3, -0.25) is 14.5 Å². The van der Waals surface area contributed by atoms with Gasteiger partial charge in [0.1, 0.15) is 5.54 Å². The minimum absolute atomic E-state index is 0.0894. The van der Waals surface area contributed by atoms with E-state index in [9.17, 15) is 14.9 Å². The maximum Gasteiger partial charge on any atom is 0.319 e. The molecular formula is C15H25N3O3. The van der Waals surface area contributed by atoms with Gasteiger partial charge in [-0.2, -0.15) is 5.26 Å². The molecule has 0 aromatic heterocycles. The van der Waals surface area contributed by atoms with E-state index in [1.807, 2.05) is 6.92 Å². The lowest BCUT2D eigenvalue weighted by atomic mass is 9.81. The highest BCUT2D eigenvalue weighted by Gasteiger charge is 2.39. The van der Waals surface area contributed by atoms with Gasteiger partial charge < -0.3 is 9.64 Å². The Morgan fingerprint density at radius 3 is 2.33 bits per heavy atom. The highest BCUT2D eigenvalue weighted by molar-refractivity contribution is 5.80. The summed E-state index contributed by atoms with van der Waals surface area (Å²) >= 11 is 0. The fourth-order valence-corrected chi connectivity index (χ4v) is 2.72. The molecule has 0 unspecified atom stereocenters. The van der Waals surface area contributed by atoms with E-state index in [-0.39, 0.29) is 25.0 Å². The number of esters is 1. The van der Waals surface area contributed by atoms with Crippen LogP contribution in [-0.4, -0.2) is 61.0 Å². The van der Waals surface area contributed by atoms with Crippen molar-refractivity contribution in [3.63, 3.8) is 0 Å². The Kier molecular flexibility index (Phi) is 6.63. The molecule has 0 radical (unpaired) electrons. The van der Waals surface area contributed by atoms with Crippen molar-refractivity contribution in [2.75, 3.05) is 33.8 Å². The minimum atomic E-state index is -0.681. The largest absolute Gasteiger partial charge is 0.468 e. The normalized spacial score (nSPS) is 17.1. The Morgan fingerprint density at radius 2 is 1.86 bits per heavy atom. The standard InChI is InChI=1S/C15H25N3O3/c1-4-18(11-14(20)21-3)10-13(19)17(2)15(12-16)8-6-5-7-9-15/h4-11H2,1-3H3. The van der Waals surface area contributed by atoms with E-state index in [4.69, 9.17) is 0 Å². The van der Waals surface area contributed by atoms with Crippen LogP contribution in [0.5, 0.6) is 0 Å². The summed E-state index contributed by atoms with van der Waals surface area (Å²) in [6, 6.07) is 2.34. The van der Waals surface area contributed by atoms with E-state index in [0.717, 1.165) is 32.1 Å². The lowest BCUT2D eigenvalue weighted by Crippen LogP contribution is -2.53. The van der Waals surface area contributed by atoms with E-state index < -0.39 is 5.54 Å². The second-order valence-corrected chi connectivity index (χ2v) is 5.54. The van der Waals surface area contributed by atoms with Crippen LogP contribution in [0.25, 0.3) is 0 Å². The second-order valence-electron chi connectivity index (χ2n) is 5.54. The van der Waals surface area contributed by atoms with Gasteiger partial charge in [-0.25, -0.2) is 0 Å². The third-order valence-corrected chi connectivity index (χ3v) is 4.29. The molecule has 0 N–H and O–H groups in total. The number of methoxy groups -OCH3 is 1. The molecule has 0 aliphatic heterocycles. The molecule has 1 aliphatic carbocycles. The number of nitriles is 1. The van der Waals surface area contributed by atoms with Crippen LogP contribution in [0.15, 0.2) is 0 Å². The van der Waals surface area contributed by atoms with Gasteiger partial charge in [-0.15, -0.1) is 0 Å². The number of hydrogen-bond acceptors (Lipinski definition) is 5. The molecule has 6 nitrogen and oxygen atoms in total. The number of rotatable bonds is 6. The van der Waals surface area contributed by atoms with Crippen LogP contribution >= 0.6 is 0 Å². The van der Waals surface area contributed by atoms with Crippen LogP contribution in [0.1, 0.15) is 39.0 Å². The van der Waals surface area contributed by atoms with Crippen LogP contribution in [0.4, 0.5) is 0 Å². The molecule has 1 rings (SSSR count). The predicted molar refractivity (Wildman–Crippen MR) is 78.3 cm³/mol. The lowest BCUT2D eigenvalue weighted by Gasteiger charge is -2.39. The van der Waals surface area contributed by atoms with Gasteiger partial charge >= 0.3 is 5.97 Å². The third-order valence-electron chi connectivity index (χ3n) is 4.29. The fraction of sp³-hybridized carbons (Fsp3) is 0.800.